The van der Waals surface area contributed by atoms with E-state index in [0.717, 1.165) is 30.3 Å². The summed E-state index contributed by atoms with van der Waals surface area (Å²) in [4.78, 5) is 21.7. The van der Waals surface area contributed by atoms with E-state index < -0.39 is 0 Å². The van der Waals surface area contributed by atoms with Crippen LogP contribution in [-0.4, -0.2) is 89.2 Å². The van der Waals surface area contributed by atoms with Gasteiger partial charge in [-0.1, -0.05) is 33.6 Å². The fourth-order valence-corrected chi connectivity index (χ4v) is 8.57. The number of fused-ring (bicyclic) bond motifs is 5. The van der Waals surface area contributed by atoms with Crippen LogP contribution >= 0.6 is 0 Å². The van der Waals surface area contributed by atoms with Crippen LogP contribution < -0.4 is 14.7 Å². The minimum atomic E-state index is 0.156. The van der Waals surface area contributed by atoms with Gasteiger partial charge in [0.1, 0.15) is 18.9 Å². The van der Waals surface area contributed by atoms with Crippen molar-refractivity contribution in [2.24, 2.45) is 23.2 Å². The number of carbonyl (C=O) groups is 1. The van der Waals surface area contributed by atoms with Crippen molar-refractivity contribution >= 4 is 5.78 Å². The molecule has 32 heavy (non-hydrogen) atoms. The molecule has 4 fully saturated rings. The van der Waals surface area contributed by atoms with Crippen LogP contribution in [0.5, 0.6) is 0 Å². The number of hydrogen-bond acceptors (Lipinski definition) is 2. The molecule has 0 aromatic rings. The first kappa shape index (κ1) is 24.6. The summed E-state index contributed by atoms with van der Waals surface area (Å²) in [5.41, 5.74) is 0.156. The van der Waals surface area contributed by atoms with Crippen molar-refractivity contribution in [3.05, 3.63) is 0 Å². The third-order valence-electron chi connectivity index (χ3n) is 9.72. The second-order valence-corrected chi connectivity index (χ2v) is 13.2. The maximum atomic E-state index is 13.9. The number of carbonyl (C=O) groups excluding carboxylic acids is 1. The number of ketones is 1. The maximum absolute atomic E-state index is 13.9. The lowest BCUT2D eigenvalue weighted by Gasteiger charge is -2.55. The van der Waals surface area contributed by atoms with E-state index in [2.05, 4.69) is 53.9 Å². The molecule has 0 amide bonds. The molecular formula is C27H53N4O+3. The number of piperidine rings is 1. The summed E-state index contributed by atoms with van der Waals surface area (Å²) in [6.45, 7) is 12.0. The van der Waals surface area contributed by atoms with Crippen LogP contribution in [0.2, 0.25) is 0 Å². The summed E-state index contributed by atoms with van der Waals surface area (Å²) < 4.78 is 0. The number of likely N-dealkylation sites (tertiary alicyclic amines) is 2. The number of Topliss-reactive ketones (excluding diaryl/α,β-unsaturated/α-hetero) is 1. The molecule has 5 nitrogen and oxygen atoms in total. The van der Waals surface area contributed by atoms with Gasteiger partial charge in [0.25, 0.3) is 0 Å². The Kier molecular flexibility index (Phi) is 7.42. The van der Waals surface area contributed by atoms with Gasteiger partial charge in [-0.2, -0.15) is 0 Å². The first-order valence-electron chi connectivity index (χ1n) is 13.9. The molecule has 2 aliphatic heterocycles. The number of rotatable bonds is 7. The van der Waals surface area contributed by atoms with Gasteiger partial charge in [-0.25, -0.2) is 0 Å². The highest BCUT2D eigenvalue weighted by Crippen LogP contribution is 2.52. The summed E-state index contributed by atoms with van der Waals surface area (Å²) >= 11 is 0. The molecule has 2 heterocycles. The largest absolute Gasteiger partial charge is 0.339 e. The van der Waals surface area contributed by atoms with Crippen LogP contribution in [-0.2, 0) is 4.79 Å². The zero-order chi connectivity index (χ0) is 23.2. The van der Waals surface area contributed by atoms with Crippen LogP contribution in [0, 0.1) is 23.2 Å². The zero-order valence-electron chi connectivity index (χ0n) is 22.2. The van der Waals surface area contributed by atoms with E-state index in [4.69, 9.17) is 0 Å². The van der Waals surface area contributed by atoms with Crippen LogP contribution in [0.3, 0.4) is 0 Å². The molecule has 184 valence electrons. The average Bonchev–Trinajstić information content (AvgIpc) is 3.02. The lowest BCUT2D eigenvalue weighted by Crippen LogP contribution is -3.26. The Morgan fingerprint density at radius 2 is 1.75 bits per heavy atom. The fraction of sp³-hybridized carbons (Fsp3) is 0.963. The first-order chi connectivity index (χ1) is 15.1. The summed E-state index contributed by atoms with van der Waals surface area (Å²) in [5.74, 6) is 2.42. The Morgan fingerprint density at radius 1 is 1.06 bits per heavy atom. The molecule has 0 radical (unpaired) electrons. The molecular weight excluding hydrogens is 396 g/mol. The smallest absolute Gasteiger partial charge is 0.144 e. The molecule has 0 spiro atoms. The van der Waals surface area contributed by atoms with Crippen molar-refractivity contribution in [2.75, 3.05) is 54.4 Å². The molecule has 4 aliphatic rings. The number of nitrogens with one attached hydrogen (secondary N) is 3. The third kappa shape index (κ3) is 4.56. The molecule has 0 aromatic heterocycles. The normalized spacial score (nSPS) is 41.6. The molecule has 3 N–H and O–H groups in total. The van der Waals surface area contributed by atoms with E-state index in [1.165, 1.54) is 69.6 Å². The van der Waals surface area contributed by atoms with Crippen molar-refractivity contribution in [1.82, 2.24) is 4.90 Å². The quantitative estimate of drug-likeness (QED) is 0.475. The van der Waals surface area contributed by atoms with Gasteiger partial charge in [0.05, 0.1) is 52.7 Å². The number of hydrogen-bond donors (Lipinski definition) is 3. The molecule has 0 bridgehead atoms. The first-order valence-corrected chi connectivity index (χ1v) is 13.9. The highest BCUT2D eigenvalue weighted by Gasteiger charge is 2.65. The van der Waals surface area contributed by atoms with Crippen LogP contribution in [0.4, 0.5) is 0 Å². The predicted octanol–water partition coefficient (Wildman–Crippen LogP) is -0.814. The molecule has 2 saturated carbocycles. The van der Waals surface area contributed by atoms with Crippen molar-refractivity contribution < 1.29 is 19.5 Å². The second kappa shape index (κ2) is 9.64. The van der Waals surface area contributed by atoms with Gasteiger partial charge in [0.2, 0.25) is 0 Å². The summed E-state index contributed by atoms with van der Waals surface area (Å²) in [6.07, 6.45) is 8.85. The van der Waals surface area contributed by atoms with Crippen molar-refractivity contribution in [3.63, 3.8) is 0 Å². The van der Waals surface area contributed by atoms with E-state index >= 15 is 0 Å². The van der Waals surface area contributed by atoms with Gasteiger partial charge in [0.15, 0.2) is 0 Å². The highest BCUT2D eigenvalue weighted by atomic mass is 16.1. The lowest BCUT2D eigenvalue weighted by atomic mass is 9.60. The van der Waals surface area contributed by atoms with Crippen molar-refractivity contribution in [2.45, 2.75) is 89.9 Å². The Morgan fingerprint density at radius 3 is 2.41 bits per heavy atom. The number of nitrogens with zero attached hydrogens (tertiary/aromatic N) is 1. The maximum Gasteiger partial charge on any atom is 0.144 e. The van der Waals surface area contributed by atoms with Gasteiger partial charge in [-0.3, -0.25) is 9.69 Å². The van der Waals surface area contributed by atoms with E-state index in [9.17, 15) is 4.79 Å². The van der Waals surface area contributed by atoms with Crippen LogP contribution in [0.1, 0.15) is 65.7 Å². The van der Waals surface area contributed by atoms with Gasteiger partial charge in [-0.05, 0) is 30.6 Å². The van der Waals surface area contributed by atoms with Gasteiger partial charge in [-0.15, -0.1) is 0 Å². The van der Waals surface area contributed by atoms with E-state index in [1.807, 2.05) is 4.90 Å². The third-order valence-corrected chi connectivity index (χ3v) is 9.72. The molecule has 5 heteroatoms. The monoisotopic (exact) mass is 449 g/mol. The minimum absolute atomic E-state index is 0.156. The van der Waals surface area contributed by atoms with Crippen molar-refractivity contribution in [3.8, 4) is 0 Å². The average molecular weight is 450 g/mol. The molecule has 2 aliphatic carbocycles. The van der Waals surface area contributed by atoms with Crippen LogP contribution in [0.15, 0.2) is 0 Å². The van der Waals surface area contributed by atoms with E-state index in [-0.39, 0.29) is 11.3 Å². The Hall–Kier alpha value is -0.490. The lowest BCUT2D eigenvalue weighted by molar-refractivity contribution is -0.988. The minimum Gasteiger partial charge on any atom is -0.339 e. The summed E-state index contributed by atoms with van der Waals surface area (Å²) in [5, 5.41) is 0. The van der Waals surface area contributed by atoms with Gasteiger partial charge in [0, 0.05) is 37.4 Å². The Labute approximate surface area is 197 Å². The molecule has 8 atom stereocenters. The Bertz CT molecular complexity index is 662. The van der Waals surface area contributed by atoms with E-state index in [1.54, 1.807) is 4.90 Å². The fourth-order valence-electron chi connectivity index (χ4n) is 8.57. The SMILES string of the molecule is CCC1C2C3CCCCC3N(CC[NH+](C)C)C2C2C(=O)CC(C)(C)CC2[NH+]1CC[NH+](C)C. The predicted molar refractivity (Wildman–Crippen MR) is 130 cm³/mol. The number of likely N-dealkylation sites (N-methyl/N-ethyl adjacent to an activating group) is 2. The second-order valence-electron chi connectivity index (χ2n) is 13.2. The van der Waals surface area contributed by atoms with Gasteiger partial charge < -0.3 is 14.7 Å². The molecule has 8 unspecified atom stereocenters. The topological polar surface area (TPSA) is 33.6 Å². The molecule has 0 aromatic carbocycles. The standard InChI is InChI=1S/C27H50N4O/c1-8-20-24-19-11-9-10-12-21(19)31(16-14-29(6)7)26(24)25-22(30(20)15-13-28(4)5)17-27(2,3)18-23(25)32/h19-22,24-26H,8-18H2,1-7H3/p+3. The summed E-state index contributed by atoms with van der Waals surface area (Å²) in [7, 11) is 9.15. The Balaban J connectivity index is 1.74. The van der Waals surface area contributed by atoms with Crippen LogP contribution in [0.25, 0.3) is 0 Å². The molecule has 4 rings (SSSR count). The zero-order valence-corrected chi connectivity index (χ0v) is 22.2. The van der Waals surface area contributed by atoms with E-state index in [0.29, 0.717) is 17.9 Å². The summed E-state index contributed by atoms with van der Waals surface area (Å²) in [6, 6.07) is 2.49. The highest BCUT2D eigenvalue weighted by molar-refractivity contribution is 5.84. The molecule has 2 saturated heterocycles. The van der Waals surface area contributed by atoms with Gasteiger partial charge >= 0.3 is 0 Å². The van der Waals surface area contributed by atoms with Crippen molar-refractivity contribution in [1.29, 1.82) is 0 Å². The number of quaternary nitrogens is 3.